The summed E-state index contributed by atoms with van der Waals surface area (Å²) in [7, 11) is 0. The fourth-order valence-electron chi connectivity index (χ4n) is 3.52. The predicted molar refractivity (Wildman–Crippen MR) is 110 cm³/mol. The highest BCUT2D eigenvalue weighted by Crippen LogP contribution is 2.39. The van der Waals surface area contributed by atoms with E-state index in [1.165, 1.54) is 4.90 Å². The molecule has 0 spiro atoms. The Morgan fingerprint density at radius 3 is 2.30 bits per heavy atom. The Morgan fingerprint density at radius 2 is 1.70 bits per heavy atom. The maximum absolute atomic E-state index is 12.8. The second-order valence-corrected chi connectivity index (χ2v) is 6.86. The van der Waals surface area contributed by atoms with E-state index < -0.39 is 23.7 Å². The fraction of sp³-hybridized carbons (Fsp3) is 0.261. The first kappa shape index (κ1) is 21.1. The molecule has 1 aliphatic rings. The highest BCUT2D eigenvalue weighted by Gasteiger charge is 2.45. The lowest BCUT2D eigenvalue weighted by Crippen LogP contribution is -2.31. The van der Waals surface area contributed by atoms with Crippen molar-refractivity contribution in [2.24, 2.45) is 0 Å². The number of rotatable bonds is 8. The number of aliphatic hydroxyl groups is 1. The van der Waals surface area contributed by atoms with Crippen LogP contribution in [0, 0.1) is 0 Å². The van der Waals surface area contributed by atoms with Gasteiger partial charge >= 0.3 is 5.97 Å². The lowest BCUT2D eigenvalue weighted by atomic mass is 9.95. The summed E-state index contributed by atoms with van der Waals surface area (Å²) < 4.78 is 5.45. The number of hydrogen-bond acceptors (Lipinski definition) is 5. The lowest BCUT2D eigenvalue weighted by molar-refractivity contribution is -0.140. The summed E-state index contributed by atoms with van der Waals surface area (Å²) in [5.41, 5.74) is 1.05. The van der Waals surface area contributed by atoms with Crippen LogP contribution in [-0.2, 0) is 14.4 Å². The summed E-state index contributed by atoms with van der Waals surface area (Å²) in [6, 6.07) is 14.7. The third-order valence-electron chi connectivity index (χ3n) is 4.88. The molecule has 1 amide bonds. The smallest absolute Gasteiger partial charge is 0.303 e. The molecule has 7 heteroatoms. The first-order valence-electron chi connectivity index (χ1n) is 9.72. The zero-order valence-electron chi connectivity index (χ0n) is 16.6. The molecule has 2 aromatic carbocycles. The number of Topliss-reactive ketones (excluding diaryl/α,β-unsaturated/α-hetero) is 1. The summed E-state index contributed by atoms with van der Waals surface area (Å²) in [6.07, 6.45) is 0.0684. The SMILES string of the molecule is CCOc1ccc([C@@H]2C(=C(O)c3ccccc3)C(=O)C(=O)N2CCCC(=O)O)cc1. The minimum absolute atomic E-state index is 0.00863. The van der Waals surface area contributed by atoms with Gasteiger partial charge in [-0.05, 0) is 31.0 Å². The zero-order valence-corrected chi connectivity index (χ0v) is 16.6. The van der Waals surface area contributed by atoms with Gasteiger partial charge in [-0.2, -0.15) is 0 Å². The number of benzene rings is 2. The van der Waals surface area contributed by atoms with E-state index in [1.54, 1.807) is 54.6 Å². The van der Waals surface area contributed by atoms with Gasteiger partial charge in [0.2, 0.25) is 0 Å². The van der Waals surface area contributed by atoms with Crippen molar-refractivity contribution >= 4 is 23.4 Å². The van der Waals surface area contributed by atoms with Gasteiger partial charge in [0.15, 0.2) is 0 Å². The lowest BCUT2D eigenvalue weighted by Gasteiger charge is -2.25. The first-order chi connectivity index (χ1) is 14.4. The maximum Gasteiger partial charge on any atom is 0.303 e. The number of aliphatic hydroxyl groups excluding tert-OH is 1. The number of amides is 1. The Morgan fingerprint density at radius 1 is 1.03 bits per heavy atom. The fourth-order valence-corrected chi connectivity index (χ4v) is 3.52. The van der Waals surface area contributed by atoms with Crippen LogP contribution >= 0.6 is 0 Å². The van der Waals surface area contributed by atoms with Gasteiger partial charge in [-0.3, -0.25) is 14.4 Å². The second-order valence-electron chi connectivity index (χ2n) is 6.86. The molecule has 156 valence electrons. The van der Waals surface area contributed by atoms with Crippen molar-refractivity contribution in [2.75, 3.05) is 13.2 Å². The van der Waals surface area contributed by atoms with Gasteiger partial charge in [-0.15, -0.1) is 0 Å². The summed E-state index contributed by atoms with van der Waals surface area (Å²) in [5, 5.41) is 19.8. The van der Waals surface area contributed by atoms with Crippen LogP contribution in [0.25, 0.3) is 5.76 Å². The molecule has 0 bridgehead atoms. The molecule has 1 aliphatic heterocycles. The Balaban J connectivity index is 2.06. The van der Waals surface area contributed by atoms with Crippen molar-refractivity contribution in [3.63, 3.8) is 0 Å². The monoisotopic (exact) mass is 409 g/mol. The third-order valence-corrected chi connectivity index (χ3v) is 4.88. The van der Waals surface area contributed by atoms with Crippen molar-refractivity contribution in [3.8, 4) is 5.75 Å². The van der Waals surface area contributed by atoms with Gasteiger partial charge in [-0.1, -0.05) is 42.5 Å². The van der Waals surface area contributed by atoms with E-state index in [2.05, 4.69) is 0 Å². The van der Waals surface area contributed by atoms with E-state index in [0.717, 1.165) is 0 Å². The van der Waals surface area contributed by atoms with Crippen LogP contribution in [0.2, 0.25) is 0 Å². The maximum atomic E-state index is 12.8. The first-order valence-corrected chi connectivity index (χ1v) is 9.72. The highest BCUT2D eigenvalue weighted by molar-refractivity contribution is 6.46. The van der Waals surface area contributed by atoms with E-state index in [-0.39, 0.29) is 30.7 Å². The highest BCUT2D eigenvalue weighted by atomic mass is 16.5. The largest absolute Gasteiger partial charge is 0.507 e. The van der Waals surface area contributed by atoms with Crippen LogP contribution in [0.1, 0.15) is 36.9 Å². The minimum Gasteiger partial charge on any atom is -0.507 e. The average Bonchev–Trinajstić information content (AvgIpc) is 2.99. The van der Waals surface area contributed by atoms with Crippen molar-refractivity contribution in [1.82, 2.24) is 4.90 Å². The third kappa shape index (κ3) is 4.35. The van der Waals surface area contributed by atoms with Gasteiger partial charge in [0, 0.05) is 18.5 Å². The Bertz CT molecular complexity index is 965. The average molecular weight is 409 g/mol. The molecular formula is C23H23NO6. The van der Waals surface area contributed by atoms with Crippen LogP contribution in [0.3, 0.4) is 0 Å². The number of aliphatic carboxylic acids is 1. The summed E-state index contributed by atoms with van der Waals surface area (Å²) in [5.74, 6) is -2.13. The van der Waals surface area contributed by atoms with E-state index in [1.807, 2.05) is 6.92 Å². The molecule has 0 saturated carbocycles. The molecule has 0 radical (unpaired) electrons. The van der Waals surface area contributed by atoms with Gasteiger partial charge in [0.05, 0.1) is 18.2 Å². The number of ketones is 1. The topological polar surface area (TPSA) is 104 Å². The molecular weight excluding hydrogens is 386 g/mol. The van der Waals surface area contributed by atoms with Crippen LogP contribution in [-0.4, -0.2) is 45.9 Å². The summed E-state index contributed by atoms with van der Waals surface area (Å²) in [4.78, 5) is 37.8. The summed E-state index contributed by atoms with van der Waals surface area (Å²) >= 11 is 0. The van der Waals surface area contributed by atoms with E-state index in [4.69, 9.17) is 9.84 Å². The Hall–Kier alpha value is -3.61. The number of nitrogens with zero attached hydrogens (tertiary/aromatic N) is 1. The second kappa shape index (κ2) is 9.26. The number of carbonyl (C=O) groups is 3. The molecule has 2 N–H and O–H groups in total. The van der Waals surface area contributed by atoms with Crippen LogP contribution in [0.5, 0.6) is 5.75 Å². The minimum atomic E-state index is -0.978. The molecule has 0 aromatic heterocycles. The predicted octanol–water partition coefficient (Wildman–Crippen LogP) is 3.37. The van der Waals surface area contributed by atoms with Gasteiger partial charge < -0.3 is 19.8 Å². The zero-order chi connectivity index (χ0) is 21.7. The molecule has 1 heterocycles. The van der Waals surface area contributed by atoms with Crippen molar-refractivity contribution in [2.45, 2.75) is 25.8 Å². The van der Waals surface area contributed by atoms with Crippen LogP contribution < -0.4 is 4.74 Å². The van der Waals surface area contributed by atoms with E-state index >= 15 is 0 Å². The van der Waals surface area contributed by atoms with Gasteiger partial charge in [0.1, 0.15) is 11.5 Å². The van der Waals surface area contributed by atoms with Gasteiger partial charge in [-0.25, -0.2) is 0 Å². The number of likely N-dealkylation sites (tertiary alicyclic amines) is 1. The Kier molecular flexibility index (Phi) is 6.51. The number of carbonyl (C=O) groups excluding carboxylic acids is 2. The number of carboxylic acids is 1. The molecule has 3 rings (SSSR count). The molecule has 7 nitrogen and oxygen atoms in total. The van der Waals surface area contributed by atoms with Crippen LogP contribution in [0.15, 0.2) is 60.2 Å². The van der Waals surface area contributed by atoms with Gasteiger partial charge in [0.25, 0.3) is 11.7 Å². The molecule has 1 fully saturated rings. The van der Waals surface area contributed by atoms with E-state index in [9.17, 15) is 19.5 Å². The normalized spacial score (nSPS) is 17.9. The van der Waals surface area contributed by atoms with Crippen LogP contribution in [0.4, 0.5) is 0 Å². The molecule has 30 heavy (non-hydrogen) atoms. The number of ether oxygens (including phenoxy) is 1. The van der Waals surface area contributed by atoms with Crippen molar-refractivity contribution in [3.05, 3.63) is 71.3 Å². The molecule has 0 aliphatic carbocycles. The number of hydrogen-bond donors (Lipinski definition) is 2. The van der Waals surface area contributed by atoms with Crippen molar-refractivity contribution < 1.29 is 29.3 Å². The molecule has 2 aromatic rings. The van der Waals surface area contributed by atoms with E-state index in [0.29, 0.717) is 23.5 Å². The standard InChI is InChI=1S/C23H23NO6/c1-2-30-17-12-10-15(11-13-17)20-19(21(27)16-7-4-3-5-8-16)22(28)23(29)24(20)14-6-9-18(25)26/h3-5,7-8,10-13,20,27H,2,6,9,14H2,1H3,(H,25,26)/t20-/m1/s1. The Labute approximate surface area is 174 Å². The molecule has 1 atom stereocenters. The molecule has 0 unspecified atom stereocenters. The summed E-state index contributed by atoms with van der Waals surface area (Å²) in [6.45, 7) is 2.45. The quantitative estimate of drug-likeness (QED) is 0.394. The van der Waals surface area contributed by atoms with Crippen molar-refractivity contribution in [1.29, 1.82) is 0 Å². The molecule has 1 saturated heterocycles. The number of carboxylic acid groups (broad SMARTS) is 1.